The Morgan fingerprint density at radius 3 is 1.58 bits per heavy atom. The van der Waals surface area contributed by atoms with Gasteiger partial charge in [-0.15, -0.1) is 22.7 Å². The molecule has 0 fully saturated rings. The van der Waals surface area contributed by atoms with Crippen LogP contribution in [0.25, 0.3) is 12.2 Å². The summed E-state index contributed by atoms with van der Waals surface area (Å²) in [4.78, 5) is 25.4. The van der Waals surface area contributed by atoms with Gasteiger partial charge >= 0.3 is 0 Å². The van der Waals surface area contributed by atoms with Gasteiger partial charge in [0.2, 0.25) is 0 Å². The number of ketones is 2. The third kappa shape index (κ3) is 5.02. The maximum absolute atomic E-state index is 12.1. The third-order valence-electron chi connectivity index (χ3n) is 3.40. The summed E-state index contributed by atoms with van der Waals surface area (Å²) in [7, 11) is 0. The first-order valence-corrected chi connectivity index (χ1v) is 9.96. The van der Waals surface area contributed by atoms with Crippen molar-refractivity contribution >= 4 is 69.6 Å². The van der Waals surface area contributed by atoms with Crippen molar-refractivity contribution in [2.75, 3.05) is 0 Å². The zero-order chi connectivity index (χ0) is 18.5. The lowest BCUT2D eigenvalue weighted by atomic mass is 10.1. The predicted octanol–water partition coefficient (Wildman–Crippen LogP) is 6.91. The molecule has 2 heterocycles. The SMILES string of the molecule is O=C(C=Cc1cccc(C=CC(=O)c2ccc(Cl)s2)c1)c1ccc(Cl)s1. The van der Waals surface area contributed by atoms with Crippen LogP contribution in [0, 0.1) is 0 Å². The molecule has 0 atom stereocenters. The second-order valence-electron chi connectivity index (χ2n) is 5.27. The van der Waals surface area contributed by atoms with Crippen molar-refractivity contribution in [1.82, 2.24) is 0 Å². The Kier molecular flexibility index (Phi) is 6.22. The number of carbonyl (C=O) groups excluding carboxylic acids is 2. The topological polar surface area (TPSA) is 34.1 Å². The maximum Gasteiger partial charge on any atom is 0.195 e. The van der Waals surface area contributed by atoms with Crippen molar-refractivity contribution in [3.63, 3.8) is 0 Å². The van der Waals surface area contributed by atoms with Gasteiger partial charge in [0.1, 0.15) is 0 Å². The monoisotopic (exact) mass is 418 g/mol. The fourth-order valence-electron chi connectivity index (χ4n) is 2.17. The van der Waals surface area contributed by atoms with Crippen molar-refractivity contribution in [1.29, 1.82) is 0 Å². The first-order chi connectivity index (χ1) is 12.5. The second kappa shape index (κ2) is 8.60. The van der Waals surface area contributed by atoms with Gasteiger partial charge in [-0.1, -0.05) is 53.6 Å². The van der Waals surface area contributed by atoms with E-state index in [0.717, 1.165) is 11.1 Å². The summed E-state index contributed by atoms with van der Waals surface area (Å²) in [5.74, 6) is -0.180. The number of benzene rings is 1. The van der Waals surface area contributed by atoms with Crippen molar-refractivity contribution < 1.29 is 9.59 Å². The van der Waals surface area contributed by atoms with E-state index in [0.29, 0.717) is 18.4 Å². The minimum Gasteiger partial charge on any atom is -0.288 e. The average Bonchev–Trinajstić information content (AvgIpc) is 3.26. The van der Waals surface area contributed by atoms with E-state index < -0.39 is 0 Å². The van der Waals surface area contributed by atoms with Crippen LogP contribution in [-0.2, 0) is 0 Å². The molecule has 1 aromatic carbocycles. The van der Waals surface area contributed by atoms with Crippen LogP contribution in [0.4, 0.5) is 0 Å². The van der Waals surface area contributed by atoms with Crippen molar-refractivity contribution in [3.05, 3.63) is 90.2 Å². The smallest absolute Gasteiger partial charge is 0.195 e. The van der Waals surface area contributed by atoms with Crippen LogP contribution in [0.2, 0.25) is 8.67 Å². The van der Waals surface area contributed by atoms with Crippen LogP contribution in [0.3, 0.4) is 0 Å². The summed E-state index contributed by atoms with van der Waals surface area (Å²) in [6.07, 6.45) is 6.52. The van der Waals surface area contributed by atoms with E-state index in [1.54, 1.807) is 36.4 Å². The van der Waals surface area contributed by atoms with E-state index in [1.165, 1.54) is 34.8 Å². The normalized spacial score (nSPS) is 11.5. The molecule has 6 heteroatoms. The molecule has 2 aromatic heterocycles. The summed E-state index contributed by atoms with van der Waals surface area (Å²) in [6.45, 7) is 0. The number of hydrogen-bond acceptors (Lipinski definition) is 4. The largest absolute Gasteiger partial charge is 0.288 e. The molecule has 3 rings (SSSR count). The van der Waals surface area contributed by atoms with Gasteiger partial charge < -0.3 is 0 Å². The molecular formula is C20H12Cl2O2S2. The van der Waals surface area contributed by atoms with E-state index in [2.05, 4.69) is 0 Å². The standard InChI is InChI=1S/C20H12Cl2O2S2/c21-19-10-8-17(25-19)15(23)6-4-13-2-1-3-14(12-13)5-7-16(24)18-9-11-20(22)26-18/h1-12H. The van der Waals surface area contributed by atoms with E-state index >= 15 is 0 Å². The van der Waals surface area contributed by atoms with Gasteiger partial charge in [0, 0.05) is 0 Å². The molecule has 0 unspecified atom stereocenters. The molecule has 3 aromatic rings. The van der Waals surface area contributed by atoms with Crippen LogP contribution >= 0.6 is 45.9 Å². The Hall–Kier alpha value is -1.98. The summed E-state index contributed by atoms with van der Waals surface area (Å²) in [5, 5.41) is 0. The summed E-state index contributed by atoms with van der Waals surface area (Å²) in [5.41, 5.74) is 1.74. The lowest BCUT2D eigenvalue weighted by Crippen LogP contribution is -1.89. The molecule has 0 saturated heterocycles. The molecule has 2 nitrogen and oxygen atoms in total. The number of allylic oxidation sites excluding steroid dienone is 2. The Morgan fingerprint density at radius 1 is 0.731 bits per heavy atom. The zero-order valence-corrected chi connectivity index (χ0v) is 16.5. The number of carbonyl (C=O) groups is 2. The first-order valence-electron chi connectivity index (χ1n) is 7.57. The van der Waals surface area contributed by atoms with Gasteiger partial charge in [0.25, 0.3) is 0 Å². The van der Waals surface area contributed by atoms with Crippen molar-refractivity contribution in [2.24, 2.45) is 0 Å². The van der Waals surface area contributed by atoms with Gasteiger partial charge in [-0.05, 0) is 53.6 Å². The van der Waals surface area contributed by atoms with Gasteiger partial charge in [0.15, 0.2) is 11.6 Å². The Labute approximate surface area is 169 Å². The fourth-order valence-corrected chi connectivity index (χ4v) is 4.09. The molecule has 0 radical (unpaired) electrons. The minimum absolute atomic E-state index is 0.0902. The number of hydrogen-bond donors (Lipinski definition) is 0. The van der Waals surface area contributed by atoms with Gasteiger partial charge in [0.05, 0.1) is 18.4 Å². The van der Waals surface area contributed by atoms with E-state index in [1.807, 2.05) is 24.3 Å². The van der Waals surface area contributed by atoms with Gasteiger partial charge in [-0.2, -0.15) is 0 Å². The van der Waals surface area contributed by atoms with Gasteiger partial charge in [-0.25, -0.2) is 0 Å². The molecule has 0 amide bonds. The summed E-state index contributed by atoms with van der Waals surface area (Å²) < 4.78 is 1.18. The highest BCUT2D eigenvalue weighted by Crippen LogP contribution is 2.23. The number of rotatable bonds is 6. The van der Waals surface area contributed by atoms with E-state index in [9.17, 15) is 9.59 Å². The molecule has 0 aliphatic carbocycles. The van der Waals surface area contributed by atoms with Crippen molar-refractivity contribution in [3.8, 4) is 0 Å². The average molecular weight is 419 g/mol. The molecule has 0 spiro atoms. The Morgan fingerprint density at radius 2 is 1.19 bits per heavy atom. The van der Waals surface area contributed by atoms with Crippen LogP contribution in [0.15, 0.2) is 60.7 Å². The molecule has 130 valence electrons. The molecule has 0 saturated carbocycles. The molecule has 0 N–H and O–H groups in total. The highest BCUT2D eigenvalue weighted by Gasteiger charge is 2.06. The molecule has 0 aliphatic heterocycles. The lowest BCUT2D eigenvalue weighted by Gasteiger charge is -1.97. The first kappa shape index (κ1) is 18.8. The predicted molar refractivity (Wildman–Crippen MR) is 112 cm³/mol. The maximum atomic E-state index is 12.1. The van der Waals surface area contributed by atoms with Crippen LogP contribution < -0.4 is 0 Å². The third-order valence-corrected chi connectivity index (χ3v) is 5.89. The van der Waals surface area contributed by atoms with E-state index in [-0.39, 0.29) is 11.6 Å². The minimum atomic E-state index is -0.0902. The zero-order valence-electron chi connectivity index (χ0n) is 13.3. The number of halogens is 2. The molecule has 0 aliphatic rings. The lowest BCUT2D eigenvalue weighted by molar-refractivity contribution is 0.104. The van der Waals surface area contributed by atoms with Crippen LogP contribution in [-0.4, -0.2) is 11.6 Å². The van der Waals surface area contributed by atoms with Crippen LogP contribution in [0.5, 0.6) is 0 Å². The highest BCUT2D eigenvalue weighted by molar-refractivity contribution is 7.18. The Bertz CT molecular complexity index is 935. The summed E-state index contributed by atoms with van der Waals surface area (Å²) >= 11 is 14.2. The fraction of sp³-hybridized carbons (Fsp3) is 0. The molecule has 0 bridgehead atoms. The Balaban J connectivity index is 1.69. The summed E-state index contributed by atoms with van der Waals surface area (Å²) in [6, 6.07) is 14.4. The highest BCUT2D eigenvalue weighted by atomic mass is 35.5. The molecular weight excluding hydrogens is 407 g/mol. The van der Waals surface area contributed by atoms with Crippen LogP contribution in [0.1, 0.15) is 30.5 Å². The molecule has 26 heavy (non-hydrogen) atoms. The van der Waals surface area contributed by atoms with E-state index in [4.69, 9.17) is 23.2 Å². The number of thiophene rings is 2. The second-order valence-corrected chi connectivity index (χ2v) is 8.70. The quantitative estimate of drug-likeness (QED) is 0.321. The van der Waals surface area contributed by atoms with Gasteiger partial charge in [-0.3, -0.25) is 9.59 Å². The van der Waals surface area contributed by atoms with Crippen molar-refractivity contribution in [2.45, 2.75) is 0 Å².